The van der Waals surface area contributed by atoms with Gasteiger partial charge in [0.05, 0.1) is 9.77 Å². The molecule has 2 aromatic rings. The highest BCUT2D eigenvalue weighted by Gasteiger charge is 2.22. The van der Waals surface area contributed by atoms with Crippen LogP contribution in [-0.2, 0) is 6.54 Å². The van der Waals surface area contributed by atoms with Crippen molar-refractivity contribution in [3.63, 3.8) is 0 Å². The number of benzene rings is 1. The van der Waals surface area contributed by atoms with Crippen LogP contribution in [0.2, 0.25) is 0 Å². The molecular formula is C12H11IN2S. The molecule has 3 rings (SSSR count). The molecule has 0 saturated carbocycles. The maximum Gasteiger partial charge on any atom is 0.0623 e. The molecular weight excluding hydrogens is 331 g/mol. The number of aromatic nitrogens is 2. The molecule has 0 aliphatic carbocycles. The number of fused-ring (bicyclic) bond motifs is 1. The highest BCUT2D eigenvalue weighted by Crippen LogP contribution is 2.39. The molecule has 1 aliphatic rings. The molecule has 0 spiro atoms. The van der Waals surface area contributed by atoms with Gasteiger partial charge in [-0.3, -0.25) is 4.68 Å². The van der Waals surface area contributed by atoms with Gasteiger partial charge in [0.1, 0.15) is 0 Å². The number of thioether (sulfide) groups is 1. The van der Waals surface area contributed by atoms with E-state index in [4.69, 9.17) is 0 Å². The Labute approximate surface area is 113 Å². The van der Waals surface area contributed by atoms with Gasteiger partial charge in [-0.15, -0.1) is 11.8 Å². The van der Waals surface area contributed by atoms with E-state index in [2.05, 4.69) is 62.8 Å². The van der Waals surface area contributed by atoms with Gasteiger partial charge in [0.25, 0.3) is 0 Å². The second-order valence-electron chi connectivity index (χ2n) is 3.93. The number of rotatable bonds is 2. The first kappa shape index (κ1) is 10.7. The second-order valence-corrected chi connectivity index (χ2v) is 6.23. The number of hydrogen-bond donors (Lipinski definition) is 0. The molecule has 0 fully saturated rings. The van der Waals surface area contributed by atoms with Gasteiger partial charge in [-0.2, -0.15) is 5.10 Å². The second kappa shape index (κ2) is 4.41. The van der Waals surface area contributed by atoms with Gasteiger partial charge in [0.15, 0.2) is 0 Å². The molecule has 1 atom stereocenters. The predicted molar refractivity (Wildman–Crippen MR) is 74.9 cm³/mol. The lowest BCUT2D eigenvalue weighted by Crippen LogP contribution is -2.08. The van der Waals surface area contributed by atoms with Crippen molar-refractivity contribution in [2.24, 2.45) is 0 Å². The molecule has 1 aromatic carbocycles. The summed E-state index contributed by atoms with van der Waals surface area (Å²) in [5.74, 6) is 1.78. The van der Waals surface area contributed by atoms with Gasteiger partial charge in [0.2, 0.25) is 0 Å². The Hall–Kier alpha value is -0.490. The Morgan fingerprint density at radius 2 is 2.31 bits per heavy atom. The molecule has 1 aromatic heterocycles. The Balaban J connectivity index is 1.83. The summed E-state index contributed by atoms with van der Waals surface area (Å²) in [6, 6.07) is 8.71. The first-order valence-electron chi connectivity index (χ1n) is 5.22. The lowest BCUT2D eigenvalue weighted by atomic mass is 10.0. The zero-order valence-corrected chi connectivity index (χ0v) is 11.6. The minimum absolute atomic E-state index is 0.608. The van der Waals surface area contributed by atoms with Crippen molar-refractivity contribution < 1.29 is 0 Å². The van der Waals surface area contributed by atoms with Gasteiger partial charge >= 0.3 is 0 Å². The summed E-state index contributed by atoms with van der Waals surface area (Å²) in [5, 5.41) is 4.35. The van der Waals surface area contributed by atoms with Crippen molar-refractivity contribution in [3.05, 3.63) is 45.8 Å². The van der Waals surface area contributed by atoms with Crippen LogP contribution in [0.1, 0.15) is 11.5 Å². The summed E-state index contributed by atoms with van der Waals surface area (Å²) in [4.78, 5) is 1.44. The fourth-order valence-corrected chi connectivity index (χ4v) is 3.73. The molecule has 0 saturated heterocycles. The van der Waals surface area contributed by atoms with E-state index in [0.29, 0.717) is 5.92 Å². The summed E-state index contributed by atoms with van der Waals surface area (Å²) in [6.45, 7) is 0.993. The van der Waals surface area contributed by atoms with Crippen molar-refractivity contribution in [2.45, 2.75) is 17.4 Å². The van der Waals surface area contributed by atoms with E-state index in [0.717, 1.165) is 6.54 Å². The molecule has 16 heavy (non-hydrogen) atoms. The van der Waals surface area contributed by atoms with Crippen LogP contribution in [0, 0.1) is 3.57 Å². The van der Waals surface area contributed by atoms with Crippen LogP contribution in [0.25, 0.3) is 0 Å². The Morgan fingerprint density at radius 3 is 3.12 bits per heavy atom. The SMILES string of the molecule is Ic1cnn(CC2CSc3ccccc32)c1. The lowest BCUT2D eigenvalue weighted by Gasteiger charge is -2.10. The fraction of sp³-hybridized carbons (Fsp3) is 0.250. The summed E-state index contributed by atoms with van der Waals surface area (Å²) >= 11 is 4.26. The van der Waals surface area contributed by atoms with Crippen molar-refractivity contribution in [1.82, 2.24) is 9.78 Å². The monoisotopic (exact) mass is 342 g/mol. The minimum atomic E-state index is 0.608. The van der Waals surface area contributed by atoms with Crippen molar-refractivity contribution in [1.29, 1.82) is 0 Å². The fourth-order valence-electron chi connectivity index (χ4n) is 2.04. The van der Waals surface area contributed by atoms with E-state index >= 15 is 0 Å². The van der Waals surface area contributed by atoms with Crippen molar-refractivity contribution >= 4 is 34.4 Å². The number of hydrogen-bond acceptors (Lipinski definition) is 2. The average Bonchev–Trinajstić information content (AvgIpc) is 2.87. The van der Waals surface area contributed by atoms with E-state index in [1.54, 1.807) is 0 Å². The van der Waals surface area contributed by atoms with Crippen molar-refractivity contribution in [2.75, 3.05) is 5.75 Å². The molecule has 82 valence electrons. The van der Waals surface area contributed by atoms with Crippen LogP contribution in [0.3, 0.4) is 0 Å². The normalized spacial score (nSPS) is 18.7. The Kier molecular flexibility index (Phi) is 2.93. The van der Waals surface area contributed by atoms with Crippen molar-refractivity contribution in [3.8, 4) is 0 Å². The molecule has 1 unspecified atom stereocenters. The molecule has 0 bridgehead atoms. The predicted octanol–water partition coefficient (Wildman–Crippen LogP) is 3.38. The summed E-state index contributed by atoms with van der Waals surface area (Å²) in [5.41, 5.74) is 1.48. The Morgan fingerprint density at radius 1 is 1.44 bits per heavy atom. The summed E-state index contributed by atoms with van der Waals surface area (Å²) < 4.78 is 3.26. The maximum absolute atomic E-state index is 4.35. The Bertz CT molecular complexity index is 509. The van der Waals surface area contributed by atoms with Crippen LogP contribution in [0.4, 0.5) is 0 Å². The highest BCUT2D eigenvalue weighted by molar-refractivity contribution is 14.1. The minimum Gasteiger partial charge on any atom is -0.271 e. The molecule has 0 radical (unpaired) electrons. The molecule has 2 heterocycles. The molecule has 0 N–H and O–H groups in total. The zero-order valence-electron chi connectivity index (χ0n) is 8.64. The van der Waals surface area contributed by atoms with E-state index < -0.39 is 0 Å². The maximum atomic E-state index is 4.35. The summed E-state index contributed by atoms with van der Waals surface area (Å²) in [6.07, 6.45) is 4.01. The highest BCUT2D eigenvalue weighted by atomic mass is 127. The van der Waals surface area contributed by atoms with E-state index in [9.17, 15) is 0 Å². The smallest absolute Gasteiger partial charge is 0.0623 e. The van der Waals surface area contributed by atoms with Crippen LogP contribution < -0.4 is 0 Å². The van der Waals surface area contributed by atoms with Crippen LogP contribution >= 0.6 is 34.4 Å². The quantitative estimate of drug-likeness (QED) is 0.779. The first-order valence-corrected chi connectivity index (χ1v) is 7.29. The topological polar surface area (TPSA) is 17.8 Å². The molecule has 1 aliphatic heterocycles. The third kappa shape index (κ3) is 2.00. The lowest BCUT2D eigenvalue weighted by molar-refractivity contribution is 0.549. The van der Waals surface area contributed by atoms with Crippen LogP contribution in [0.15, 0.2) is 41.6 Å². The molecule has 2 nitrogen and oxygen atoms in total. The van der Waals surface area contributed by atoms with Crippen LogP contribution in [-0.4, -0.2) is 15.5 Å². The van der Waals surface area contributed by atoms with E-state index in [1.165, 1.54) is 19.8 Å². The van der Waals surface area contributed by atoms with Gasteiger partial charge in [-0.1, -0.05) is 18.2 Å². The van der Waals surface area contributed by atoms with E-state index in [-0.39, 0.29) is 0 Å². The van der Waals surface area contributed by atoms with Crippen LogP contribution in [0.5, 0.6) is 0 Å². The standard InChI is InChI=1S/C12H11IN2S/c13-10-5-14-15(7-10)6-9-8-16-12-4-2-1-3-11(9)12/h1-5,7,9H,6,8H2. The molecule has 4 heteroatoms. The van der Waals surface area contributed by atoms with Gasteiger partial charge in [-0.05, 0) is 34.2 Å². The summed E-state index contributed by atoms with van der Waals surface area (Å²) in [7, 11) is 0. The van der Waals surface area contributed by atoms with E-state index in [1.807, 2.05) is 18.0 Å². The first-order chi connectivity index (χ1) is 7.83. The number of nitrogens with zero attached hydrogens (tertiary/aromatic N) is 2. The third-order valence-electron chi connectivity index (χ3n) is 2.81. The zero-order chi connectivity index (χ0) is 11.0. The largest absolute Gasteiger partial charge is 0.271 e. The third-order valence-corrected chi connectivity index (χ3v) is 4.62. The van der Waals surface area contributed by atoms with Gasteiger partial charge in [0, 0.05) is 29.3 Å². The van der Waals surface area contributed by atoms with Gasteiger partial charge < -0.3 is 0 Å². The molecule has 0 amide bonds. The number of halogens is 1. The average molecular weight is 342 g/mol. The van der Waals surface area contributed by atoms with Gasteiger partial charge in [-0.25, -0.2) is 0 Å².